The van der Waals surface area contributed by atoms with E-state index in [1.807, 2.05) is 19.9 Å². The van der Waals surface area contributed by atoms with Gasteiger partial charge in [0.1, 0.15) is 11.6 Å². The largest absolute Gasteiger partial charge is 0.469 e. The Bertz CT molecular complexity index is 482. The number of methoxy groups -OCH3 is 1. The number of aromatic nitrogens is 2. The summed E-state index contributed by atoms with van der Waals surface area (Å²) < 4.78 is 4.95. The molecule has 1 aliphatic rings. The van der Waals surface area contributed by atoms with Crippen LogP contribution in [0.5, 0.6) is 0 Å². The zero-order valence-corrected chi connectivity index (χ0v) is 12.9. The van der Waals surface area contributed by atoms with Gasteiger partial charge in [-0.15, -0.1) is 0 Å². The summed E-state index contributed by atoms with van der Waals surface area (Å²) >= 11 is 0. The summed E-state index contributed by atoms with van der Waals surface area (Å²) in [4.78, 5) is 23.0. The molecule has 0 amide bonds. The fraction of sp³-hybridized carbons (Fsp3) is 0.667. The maximum absolute atomic E-state index is 12.0. The maximum Gasteiger partial charge on any atom is 0.310 e. The smallest absolute Gasteiger partial charge is 0.310 e. The van der Waals surface area contributed by atoms with Crippen LogP contribution >= 0.6 is 0 Å². The lowest BCUT2D eigenvalue weighted by Gasteiger charge is -2.31. The third-order valence-electron chi connectivity index (χ3n) is 3.89. The maximum atomic E-state index is 12.0. The van der Waals surface area contributed by atoms with Crippen molar-refractivity contribution < 1.29 is 9.53 Å². The minimum atomic E-state index is -0.117. The van der Waals surface area contributed by atoms with Crippen molar-refractivity contribution in [3.05, 3.63) is 17.6 Å². The summed E-state index contributed by atoms with van der Waals surface area (Å²) in [7, 11) is 1.46. The second-order valence-electron chi connectivity index (χ2n) is 5.76. The van der Waals surface area contributed by atoms with Crippen LogP contribution in [-0.2, 0) is 9.53 Å². The summed E-state index contributed by atoms with van der Waals surface area (Å²) in [5.41, 5.74) is 0.955. The van der Waals surface area contributed by atoms with Gasteiger partial charge in [0.2, 0.25) is 0 Å². The van der Waals surface area contributed by atoms with Gasteiger partial charge in [-0.3, -0.25) is 4.79 Å². The predicted octanol–water partition coefficient (Wildman–Crippen LogP) is 2.12. The molecule has 2 atom stereocenters. The van der Waals surface area contributed by atoms with Gasteiger partial charge >= 0.3 is 5.97 Å². The fourth-order valence-corrected chi connectivity index (χ4v) is 3.16. The quantitative estimate of drug-likeness (QED) is 0.792. The molecule has 0 unspecified atom stereocenters. The summed E-state index contributed by atoms with van der Waals surface area (Å²) in [6, 6.07) is 2.12. The van der Waals surface area contributed by atoms with Gasteiger partial charge in [0.15, 0.2) is 0 Å². The molecule has 110 valence electrons. The Balaban J connectivity index is 2.33. The first-order chi connectivity index (χ1) is 9.43. The van der Waals surface area contributed by atoms with Crippen molar-refractivity contribution in [3.8, 4) is 0 Å². The van der Waals surface area contributed by atoms with Crippen LogP contribution < -0.4 is 4.90 Å². The molecule has 0 spiro atoms. The summed E-state index contributed by atoms with van der Waals surface area (Å²) in [5.74, 6) is 1.85. The molecule has 0 radical (unpaired) electrons. The van der Waals surface area contributed by atoms with E-state index in [0.717, 1.165) is 30.3 Å². The number of hydrogen-bond donors (Lipinski definition) is 0. The number of nitrogens with zero attached hydrogens (tertiary/aromatic N) is 3. The van der Waals surface area contributed by atoms with Crippen LogP contribution in [0.2, 0.25) is 0 Å². The highest BCUT2D eigenvalue weighted by atomic mass is 16.5. The van der Waals surface area contributed by atoms with E-state index >= 15 is 0 Å². The van der Waals surface area contributed by atoms with Gasteiger partial charge < -0.3 is 9.64 Å². The van der Waals surface area contributed by atoms with Crippen LogP contribution in [-0.4, -0.2) is 35.6 Å². The Morgan fingerprint density at radius 1 is 1.40 bits per heavy atom. The van der Waals surface area contributed by atoms with Crippen molar-refractivity contribution in [1.82, 2.24) is 9.97 Å². The Hall–Kier alpha value is -1.65. The van der Waals surface area contributed by atoms with Crippen molar-refractivity contribution >= 4 is 11.8 Å². The number of anilines is 1. The van der Waals surface area contributed by atoms with E-state index in [0.29, 0.717) is 5.92 Å². The molecule has 0 N–H and O–H groups in total. The average molecular weight is 277 g/mol. The number of ether oxygens (including phenoxy) is 1. The van der Waals surface area contributed by atoms with Gasteiger partial charge in [0.05, 0.1) is 13.0 Å². The molecule has 2 heterocycles. The van der Waals surface area contributed by atoms with Crippen LogP contribution in [0, 0.1) is 25.7 Å². The molecule has 0 aromatic carbocycles. The van der Waals surface area contributed by atoms with Gasteiger partial charge in [0.25, 0.3) is 0 Å². The zero-order valence-electron chi connectivity index (χ0n) is 12.9. The molecule has 20 heavy (non-hydrogen) atoms. The molecule has 0 saturated carbocycles. The Morgan fingerprint density at radius 2 is 2.10 bits per heavy atom. The topological polar surface area (TPSA) is 55.3 Å². The van der Waals surface area contributed by atoms with Crippen molar-refractivity contribution in [2.75, 3.05) is 18.6 Å². The van der Waals surface area contributed by atoms with E-state index in [1.165, 1.54) is 7.11 Å². The lowest BCUT2D eigenvalue weighted by atomic mass is 9.91. The van der Waals surface area contributed by atoms with Crippen molar-refractivity contribution in [2.45, 2.75) is 40.2 Å². The summed E-state index contributed by atoms with van der Waals surface area (Å²) in [6.45, 7) is 8.98. The highest BCUT2D eigenvalue weighted by Crippen LogP contribution is 2.34. The van der Waals surface area contributed by atoms with Crippen LogP contribution in [0.3, 0.4) is 0 Å². The van der Waals surface area contributed by atoms with E-state index in [2.05, 4.69) is 28.7 Å². The third kappa shape index (κ3) is 2.76. The minimum absolute atomic E-state index is 0.0735. The SMILES string of the molecule is COC(=O)[C@H]1CCN(c2cc(C)nc(C)n2)[C@H]1C(C)C. The van der Waals surface area contributed by atoms with E-state index in [1.54, 1.807) is 0 Å². The van der Waals surface area contributed by atoms with E-state index in [4.69, 9.17) is 4.74 Å². The number of rotatable bonds is 3. The number of carbonyl (C=O) groups is 1. The summed E-state index contributed by atoms with van der Waals surface area (Å²) in [5, 5.41) is 0. The minimum Gasteiger partial charge on any atom is -0.469 e. The molecular weight excluding hydrogens is 254 g/mol. The molecule has 5 nitrogen and oxygen atoms in total. The monoisotopic (exact) mass is 277 g/mol. The number of carbonyl (C=O) groups excluding carboxylic acids is 1. The van der Waals surface area contributed by atoms with Crippen LogP contribution in [0.4, 0.5) is 5.82 Å². The molecule has 1 saturated heterocycles. The third-order valence-corrected chi connectivity index (χ3v) is 3.89. The highest BCUT2D eigenvalue weighted by molar-refractivity contribution is 5.75. The number of hydrogen-bond acceptors (Lipinski definition) is 5. The molecule has 5 heteroatoms. The van der Waals surface area contributed by atoms with Gasteiger partial charge in [-0.2, -0.15) is 0 Å². The van der Waals surface area contributed by atoms with E-state index in [-0.39, 0.29) is 17.9 Å². The predicted molar refractivity (Wildman–Crippen MR) is 77.6 cm³/mol. The van der Waals surface area contributed by atoms with Crippen molar-refractivity contribution in [3.63, 3.8) is 0 Å². The lowest BCUT2D eigenvalue weighted by molar-refractivity contribution is -0.145. The summed E-state index contributed by atoms with van der Waals surface area (Å²) in [6.07, 6.45) is 0.817. The average Bonchev–Trinajstić information content (AvgIpc) is 2.81. The van der Waals surface area contributed by atoms with E-state index < -0.39 is 0 Å². The standard InChI is InChI=1S/C15H23N3O2/c1-9(2)14-12(15(19)20-5)6-7-18(14)13-8-10(3)16-11(4)17-13/h8-9,12,14H,6-7H2,1-5H3/t12-,14-/m0/s1. The number of aryl methyl sites for hydroxylation is 2. The Morgan fingerprint density at radius 3 is 2.65 bits per heavy atom. The zero-order chi connectivity index (χ0) is 14.9. The molecule has 1 aliphatic heterocycles. The Labute approximate surface area is 120 Å². The molecule has 0 aliphatic carbocycles. The molecular formula is C15H23N3O2. The first-order valence-corrected chi connectivity index (χ1v) is 7.10. The van der Waals surface area contributed by atoms with Crippen LogP contribution in [0.25, 0.3) is 0 Å². The first kappa shape index (κ1) is 14.8. The van der Waals surface area contributed by atoms with Gasteiger partial charge in [-0.25, -0.2) is 9.97 Å². The second-order valence-corrected chi connectivity index (χ2v) is 5.76. The van der Waals surface area contributed by atoms with Gasteiger partial charge in [-0.1, -0.05) is 13.8 Å². The molecule has 1 fully saturated rings. The molecule has 0 bridgehead atoms. The number of esters is 1. The lowest BCUT2D eigenvalue weighted by Crippen LogP contribution is -2.40. The Kier molecular flexibility index (Phi) is 4.26. The second kappa shape index (κ2) is 5.77. The van der Waals surface area contributed by atoms with E-state index in [9.17, 15) is 4.79 Å². The molecule has 2 rings (SSSR count). The van der Waals surface area contributed by atoms with Crippen molar-refractivity contribution in [2.24, 2.45) is 11.8 Å². The normalized spacial score (nSPS) is 22.4. The van der Waals surface area contributed by atoms with Crippen molar-refractivity contribution in [1.29, 1.82) is 0 Å². The molecule has 1 aromatic rings. The van der Waals surface area contributed by atoms with Crippen LogP contribution in [0.1, 0.15) is 31.8 Å². The van der Waals surface area contributed by atoms with Gasteiger partial charge in [0, 0.05) is 24.3 Å². The van der Waals surface area contributed by atoms with Crippen LogP contribution in [0.15, 0.2) is 6.07 Å². The van der Waals surface area contributed by atoms with Gasteiger partial charge in [-0.05, 0) is 26.2 Å². The molecule has 1 aromatic heterocycles. The fourth-order valence-electron chi connectivity index (χ4n) is 3.16. The first-order valence-electron chi connectivity index (χ1n) is 7.10. The highest BCUT2D eigenvalue weighted by Gasteiger charge is 2.41.